The van der Waals surface area contributed by atoms with Gasteiger partial charge < -0.3 is 24.3 Å². The molecule has 1 amide bonds. The molecule has 1 saturated heterocycles. The van der Waals surface area contributed by atoms with Crippen LogP contribution in [0, 0.1) is 12.1 Å². The average Bonchev–Trinajstić information content (AvgIpc) is 3.21. The van der Waals surface area contributed by atoms with E-state index in [-0.39, 0.29) is 46.3 Å². The Labute approximate surface area is 213 Å². The number of carbonyl (C=O) groups excluding carboxylic acids is 1. The molecule has 3 aliphatic rings. The van der Waals surface area contributed by atoms with Crippen LogP contribution in [0.3, 0.4) is 0 Å². The largest absolute Gasteiger partial charge is 0.622 e. The van der Waals surface area contributed by atoms with Crippen molar-refractivity contribution in [3.05, 3.63) is 51.9 Å². The van der Waals surface area contributed by atoms with Crippen molar-refractivity contribution in [2.45, 2.75) is 64.7 Å². The Morgan fingerprint density at radius 1 is 1.27 bits per heavy atom. The third-order valence-corrected chi connectivity index (χ3v) is 6.15. The van der Waals surface area contributed by atoms with Gasteiger partial charge in [0.05, 0.1) is 18.2 Å². The van der Waals surface area contributed by atoms with Crippen molar-refractivity contribution in [1.29, 1.82) is 0 Å². The number of rotatable bonds is 4. The summed E-state index contributed by atoms with van der Waals surface area (Å²) < 4.78 is 56.3. The van der Waals surface area contributed by atoms with Gasteiger partial charge in [-0.05, 0) is 64.3 Å². The molecule has 0 spiro atoms. The number of allylic oxidation sites excluding steroid dienone is 2. The topological polar surface area (TPSA) is 99.9 Å². The summed E-state index contributed by atoms with van der Waals surface area (Å²) in [6, 6.07) is 1.74. The minimum absolute atomic E-state index is 0.0533. The molecule has 2 unspecified atom stereocenters. The van der Waals surface area contributed by atoms with E-state index in [9.17, 15) is 23.2 Å². The van der Waals surface area contributed by atoms with Crippen LogP contribution in [0.4, 0.5) is 18.0 Å². The van der Waals surface area contributed by atoms with Gasteiger partial charge in [0.25, 0.3) is 12.2 Å². The molecule has 1 aromatic carbocycles. The lowest BCUT2D eigenvalue weighted by atomic mass is 9.99. The number of alkyl halides is 3. The van der Waals surface area contributed by atoms with Crippen molar-refractivity contribution in [2.24, 2.45) is 4.99 Å². The molecule has 3 atom stereocenters. The predicted octanol–water partition coefficient (Wildman–Crippen LogP) is 3.34. The van der Waals surface area contributed by atoms with Gasteiger partial charge in [-0.2, -0.15) is 18.2 Å². The molecule has 3 heterocycles. The number of carbonyl (C=O) groups is 1. The number of hydrogen-bond acceptors (Lipinski definition) is 7. The van der Waals surface area contributed by atoms with Gasteiger partial charge in [-0.3, -0.25) is 10.4 Å². The van der Waals surface area contributed by atoms with Gasteiger partial charge in [0.2, 0.25) is 5.76 Å². The number of amides is 1. The maximum atomic E-state index is 13.3. The van der Waals surface area contributed by atoms with E-state index in [0.717, 1.165) is 25.0 Å². The molecule has 9 nitrogen and oxygen atoms in total. The predicted molar refractivity (Wildman–Crippen MR) is 129 cm³/mol. The van der Waals surface area contributed by atoms with Crippen LogP contribution >= 0.6 is 0 Å². The van der Waals surface area contributed by atoms with Crippen LogP contribution in [-0.4, -0.2) is 55.0 Å². The number of nitrogens with one attached hydrogen (secondary N) is 2. The second kappa shape index (κ2) is 9.99. The fourth-order valence-corrected chi connectivity index (χ4v) is 4.53. The molecule has 202 valence electrons. The van der Waals surface area contributed by atoms with E-state index in [1.54, 1.807) is 11.0 Å². The molecule has 37 heavy (non-hydrogen) atoms. The van der Waals surface area contributed by atoms with Crippen LogP contribution in [0.25, 0.3) is 5.70 Å². The van der Waals surface area contributed by atoms with E-state index >= 15 is 0 Å². The molecule has 12 heteroatoms. The number of aryl methyl sites for hydroxylation is 1. The molecular weight excluding hydrogens is 493 g/mol. The summed E-state index contributed by atoms with van der Waals surface area (Å²) >= 11 is 0. The zero-order valence-electron chi connectivity index (χ0n) is 21.4. The van der Waals surface area contributed by atoms with E-state index in [4.69, 9.17) is 14.2 Å². The monoisotopic (exact) mass is 524 g/mol. The Morgan fingerprint density at radius 3 is 2.65 bits per heavy atom. The molecule has 3 aliphatic heterocycles. The summed E-state index contributed by atoms with van der Waals surface area (Å²) in [5.41, 5.74) is -0.760. The minimum Gasteiger partial charge on any atom is -0.622 e. The summed E-state index contributed by atoms with van der Waals surface area (Å²) in [7, 11) is 1.26. The normalized spacial score (nSPS) is 24.0. The third-order valence-electron chi connectivity index (χ3n) is 6.15. The number of hydroxylamine groups is 2. The standard InChI is InChI=1S/C25H31F3N4O5/c1-14-11-15(25(26,27)28)12-19(35-5)20(14)17-8-9-18-21(32(17)34)30-22(36-18)29-16-7-6-10-31(13-16)23(33)37-24(2,3)4/h8-9,11-12,16,22,29,32H,6-7,10,13H2,1-5H3/t16-,22?/m1/s1. The molecule has 0 aliphatic carbocycles. The van der Waals surface area contributed by atoms with Crippen molar-refractivity contribution >= 4 is 17.6 Å². The number of halogens is 3. The maximum Gasteiger partial charge on any atom is 0.416 e. The number of fused-ring (bicyclic) bond motifs is 1. The van der Waals surface area contributed by atoms with Crippen molar-refractivity contribution in [3.8, 4) is 5.75 Å². The highest BCUT2D eigenvalue weighted by atomic mass is 19.4. The molecule has 0 bridgehead atoms. The highest BCUT2D eigenvalue weighted by Gasteiger charge is 2.38. The first-order valence-electron chi connectivity index (χ1n) is 12.0. The summed E-state index contributed by atoms with van der Waals surface area (Å²) in [6.45, 7) is 7.91. The summed E-state index contributed by atoms with van der Waals surface area (Å²) in [6.07, 6.45) is -1.15. The lowest BCUT2D eigenvalue weighted by Gasteiger charge is -2.34. The number of aliphatic imine (C=N–C) groups is 1. The first kappa shape index (κ1) is 27.0. The highest BCUT2D eigenvalue weighted by molar-refractivity contribution is 5.96. The number of ether oxygens (including phenoxy) is 3. The SMILES string of the molecule is COc1cc(C(F)(F)F)cc(C)c1C1=CC=C2OC(N[C@@H]3CCCN(C(=O)OC(C)(C)C)C3)N=C2[NH+]1[O-]. The molecule has 0 saturated carbocycles. The van der Waals surface area contributed by atoms with Gasteiger partial charge in [0, 0.05) is 25.2 Å². The van der Waals surface area contributed by atoms with Crippen LogP contribution in [0.2, 0.25) is 0 Å². The van der Waals surface area contributed by atoms with Crippen LogP contribution in [-0.2, 0) is 15.7 Å². The number of amidine groups is 1. The molecule has 0 radical (unpaired) electrons. The van der Waals surface area contributed by atoms with Gasteiger partial charge in [0.15, 0.2) is 0 Å². The first-order valence-corrected chi connectivity index (χ1v) is 12.0. The average molecular weight is 525 g/mol. The van der Waals surface area contributed by atoms with Crippen LogP contribution in [0.5, 0.6) is 5.75 Å². The zero-order valence-corrected chi connectivity index (χ0v) is 21.4. The van der Waals surface area contributed by atoms with Gasteiger partial charge in [-0.15, -0.1) is 0 Å². The number of likely N-dealkylation sites (tertiary alicyclic amines) is 1. The second-order valence-corrected chi connectivity index (χ2v) is 10.2. The van der Waals surface area contributed by atoms with Crippen molar-refractivity contribution in [1.82, 2.24) is 10.2 Å². The number of hydrogen-bond donors (Lipinski definition) is 2. The van der Waals surface area contributed by atoms with E-state index in [1.807, 2.05) is 20.8 Å². The van der Waals surface area contributed by atoms with Crippen molar-refractivity contribution in [3.63, 3.8) is 0 Å². The fraction of sp³-hybridized carbons (Fsp3) is 0.520. The van der Waals surface area contributed by atoms with Crippen LogP contribution in [0.15, 0.2) is 35.0 Å². The summed E-state index contributed by atoms with van der Waals surface area (Å²) in [5.74, 6) is 0.299. The Balaban J connectivity index is 1.49. The third kappa shape index (κ3) is 5.91. The Hall–Kier alpha value is -3.09. The summed E-state index contributed by atoms with van der Waals surface area (Å²) in [4.78, 5) is 18.5. The van der Waals surface area contributed by atoms with Gasteiger partial charge in [0.1, 0.15) is 17.0 Å². The van der Waals surface area contributed by atoms with Gasteiger partial charge in [-0.1, -0.05) is 0 Å². The lowest BCUT2D eigenvalue weighted by molar-refractivity contribution is -0.659. The zero-order chi connectivity index (χ0) is 27.1. The molecule has 2 N–H and O–H groups in total. The van der Waals surface area contributed by atoms with E-state index in [2.05, 4.69) is 10.3 Å². The number of benzene rings is 1. The van der Waals surface area contributed by atoms with E-state index in [0.29, 0.717) is 13.1 Å². The lowest BCUT2D eigenvalue weighted by Crippen LogP contribution is -3.07. The first-order chi connectivity index (χ1) is 17.3. The Bertz CT molecular complexity index is 1160. The Kier molecular flexibility index (Phi) is 7.28. The second-order valence-electron chi connectivity index (χ2n) is 10.2. The van der Waals surface area contributed by atoms with E-state index < -0.39 is 28.8 Å². The highest BCUT2D eigenvalue weighted by Crippen LogP contribution is 2.37. The fourth-order valence-electron chi connectivity index (χ4n) is 4.53. The summed E-state index contributed by atoms with van der Waals surface area (Å²) in [5, 5.41) is 16.1. The molecular formula is C25H31F3N4O5. The molecule has 0 aromatic heterocycles. The Morgan fingerprint density at radius 2 is 2.00 bits per heavy atom. The van der Waals surface area contributed by atoms with E-state index in [1.165, 1.54) is 20.1 Å². The van der Waals surface area contributed by atoms with Crippen LogP contribution in [0.1, 0.15) is 50.3 Å². The van der Waals surface area contributed by atoms with Crippen molar-refractivity contribution < 1.29 is 37.2 Å². The van der Waals surface area contributed by atoms with Crippen LogP contribution < -0.4 is 15.1 Å². The smallest absolute Gasteiger partial charge is 0.416 e. The van der Waals surface area contributed by atoms with Gasteiger partial charge in [-0.25, -0.2) is 4.79 Å². The van der Waals surface area contributed by atoms with Gasteiger partial charge >= 0.3 is 12.3 Å². The van der Waals surface area contributed by atoms with Crippen molar-refractivity contribution in [2.75, 3.05) is 20.2 Å². The molecule has 1 aromatic rings. The molecule has 1 fully saturated rings. The number of piperidine rings is 1. The number of nitrogens with zero attached hydrogens (tertiary/aromatic N) is 2. The molecule has 4 rings (SSSR count). The quantitative estimate of drug-likeness (QED) is 0.587. The maximum absolute atomic E-state index is 13.3. The minimum atomic E-state index is -4.55. The number of quaternary nitrogens is 1. The number of methoxy groups -OCH3 is 1.